The molecule has 0 saturated carbocycles. The Morgan fingerprint density at radius 1 is 0.968 bits per heavy atom. The highest BCUT2D eigenvalue weighted by Gasteiger charge is 2.30. The van der Waals surface area contributed by atoms with Crippen LogP contribution in [0.5, 0.6) is 0 Å². The average molecular weight is 428 g/mol. The van der Waals surface area contributed by atoms with E-state index in [4.69, 9.17) is 5.11 Å². The summed E-state index contributed by atoms with van der Waals surface area (Å²) in [6.45, 7) is 2.02. The topological polar surface area (TPSA) is 87.9 Å². The summed E-state index contributed by atoms with van der Waals surface area (Å²) in [5.41, 5.74) is 1.32. The van der Waals surface area contributed by atoms with Crippen LogP contribution < -0.4 is 10.6 Å². The lowest BCUT2D eigenvalue weighted by Crippen LogP contribution is -2.11. The Balaban J connectivity index is 1.73. The lowest BCUT2D eigenvalue weighted by molar-refractivity contribution is -0.137. The van der Waals surface area contributed by atoms with Gasteiger partial charge in [0.1, 0.15) is 17.5 Å². The van der Waals surface area contributed by atoms with Gasteiger partial charge in [-0.25, -0.2) is 4.98 Å². The van der Waals surface area contributed by atoms with Gasteiger partial charge in [-0.15, -0.1) is 0 Å². The first-order chi connectivity index (χ1) is 14.8. The molecule has 2 aromatic heterocycles. The van der Waals surface area contributed by atoms with Crippen LogP contribution in [0, 0.1) is 6.92 Å². The van der Waals surface area contributed by atoms with Gasteiger partial charge in [0.25, 0.3) is 0 Å². The number of para-hydroxylation sites is 2. The van der Waals surface area contributed by atoms with E-state index in [1.807, 2.05) is 31.2 Å². The molecule has 0 atom stereocenters. The first kappa shape index (κ1) is 20.6. The van der Waals surface area contributed by atoms with Crippen molar-refractivity contribution in [2.24, 2.45) is 0 Å². The van der Waals surface area contributed by atoms with Gasteiger partial charge in [0.05, 0.1) is 23.2 Å². The molecule has 4 aromatic rings. The van der Waals surface area contributed by atoms with E-state index in [1.54, 1.807) is 10.6 Å². The van der Waals surface area contributed by atoms with Gasteiger partial charge < -0.3 is 15.7 Å². The summed E-state index contributed by atoms with van der Waals surface area (Å²) in [5.74, 6) is 1.84. The highest BCUT2D eigenvalue weighted by molar-refractivity contribution is 5.77. The number of rotatable bonds is 6. The van der Waals surface area contributed by atoms with E-state index in [2.05, 4.69) is 25.6 Å². The molecule has 0 aliphatic carbocycles. The second kappa shape index (κ2) is 8.23. The largest absolute Gasteiger partial charge is 0.416 e. The number of hydrogen-bond acceptors (Lipinski definition) is 6. The summed E-state index contributed by atoms with van der Waals surface area (Å²) in [5, 5.41) is 15.1. The zero-order valence-corrected chi connectivity index (χ0v) is 16.5. The monoisotopic (exact) mass is 428 g/mol. The number of benzene rings is 2. The van der Waals surface area contributed by atoms with E-state index >= 15 is 0 Å². The van der Waals surface area contributed by atoms with Crippen LogP contribution in [0.4, 0.5) is 30.5 Å². The number of nitrogens with one attached hydrogen (secondary N) is 2. The Kier molecular flexibility index (Phi) is 5.47. The summed E-state index contributed by atoms with van der Waals surface area (Å²) in [6, 6.07) is 13.8. The van der Waals surface area contributed by atoms with E-state index in [1.165, 1.54) is 12.1 Å². The number of nitrogens with zero attached hydrogens (tertiary/aromatic N) is 4. The maximum atomic E-state index is 12.8. The summed E-state index contributed by atoms with van der Waals surface area (Å²) < 4.78 is 40.2. The number of aliphatic hydroxyl groups is 1. The lowest BCUT2D eigenvalue weighted by atomic mass is 10.2. The van der Waals surface area contributed by atoms with Crippen molar-refractivity contribution in [2.45, 2.75) is 13.1 Å². The Morgan fingerprint density at radius 3 is 2.39 bits per heavy atom. The van der Waals surface area contributed by atoms with Crippen LogP contribution in [0.25, 0.3) is 17.0 Å². The number of imidazole rings is 1. The van der Waals surface area contributed by atoms with Crippen LogP contribution in [-0.4, -0.2) is 37.8 Å². The van der Waals surface area contributed by atoms with Crippen molar-refractivity contribution in [3.05, 3.63) is 66.0 Å². The van der Waals surface area contributed by atoms with Gasteiger partial charge in [-0.1, -0.05) is 12.1 Å². The third kappa shape index (κ3) is 4.43. The molecule has 4 rings (SSSR count). The number of aryl methyl sites for hydroxylation is 1. The Bertz CT molecular complexity index is 1200. The molecule has 0 saturated heterocycles. The van der Waals surface area contributed by atoms with Crippen molar-refractivity contribution in [1.29, 1.82) is 0 Å². The molecule has 0 fully saturated rings. The van der Waals surface area contributed by atoms with Gasteiger partial charge in [-0.3, -0.25) is 4.57 Å². The summed E-state index contributed by atoms with van der Waals surface area (Å²) in [7, 11) is 0. The second-order valence-electron chi connectivity index (χ2n) is 6.77. The quantitative estimate of drug-likeness (QED) is 0.425. The molecule has 0 unspecified atom stereocenters. The van der Waals surface area contributed by atoms with Crippen LogP contribution in [-0.2, 0) is 6.18 Å². The van der Waals surface area contributed by atoms with Gasteiger partial charge in [-0.05, 0) is 43.3 Å². The fraction of sp³-hybridized carbons (Fsp3) is 0.190. The molecule has 0 spiro atoms. The van der Waals surface area contributed by atoms with Crippen molar-refractivity contribution < 1.29 is 18.3 Å². The summed E-state index contributed by atoms with van der Waals surface area (Å²) >= 11 is 0. The number of alkyl halides is 3. The number of anilines is 3. The van der Waals surface area contributed by atoms with Crippen LogP contribution >= 0.6 is 0 Å². The second-order valence-corrected chi connectivity index (χ2v) is 6.77. The smallest absolute Gasteiger partial charge is 0.395 e. The van der Waals surface area contributed by atoms with E-state index in [0.29, 0.717) is 29.1 Å². The standard InChI is InChI=1S/C21H19F3N6O/c1-13-26-16-4-2-3-5-17(16)30(13)20-28-18(25-10-11-31)12-19(29-20)27-15-8-6-14(7-9-15)21(22,23)24/h2-9,12,31H,10-11H2,1H3,(H2,25,27,28,29). The number of hydrogen-bond donors (Lipinski definition) is 3. The molecule has 10 heteroatoms. The molecule has 0 aliphatic heterocycles. The SMILES string of the molecule is Cc1nc2ccccc2n1-c1nc(NCCO)cc(Nc2ccc(C(F)(F)F)cc2)n1. The maximum Gasteiger partial charge on any atom is 0.416 e. The maximum absolute atomic E-state index is 12.8. The third-order valence-electron chi connectivity index (χ3n) is 4.55. The molecule has 0 radical (unpaired) electrons. The molecule has 0 bridgehead atoms. The fourth-order valence-corrected chi connectivity index (χ4v) is 3.16. The predicted molar refractivity (Wildman–Crippen MR) is 112 cm³/mol. The highest BCUT2D eigenvalue weighted by atomic mass is 19.4. The Labute approximate surface area is 175 Å². The van der Waals surface area contributed by atoms with Crippen LogP contribution in [0.2, 0.25) is 0 Å². The first-order valence-corrected chi connectivity index (χ1v) is 9.48. The molecular weight excluding hydrogens is 409 g/mol. The molecule has 7 nitrogen and oxygen atoms in total. The van der Waals surface area contributed by atoms with Gasteiger partial charge in [0.15, 0.2) is 0 Å². The molecule has 160 valence electrons. The minimum absolute atomic E-state index is 0.0892. The van der Waals surface area contributed by atoms with E-state index in [9.17, 15) is 13.2 Å². The van der Waals surface area contributed by atoms with Crippen molar-refractivity contribution in [3.63, 3.8) is 0 Å². The lowest BCUT2D eigenvalue weighted by Gasteiger charge is -2.13. The Morgan fingerprint density at radius 2 is 1.68 bits per heavy atom. The zero-order chi connectivity index (χ0) is 22.0. The van der Waals surface area contributed by atoms with Gasteiger partial charge >= 0.3 is 6.18 Å². The number of fused-ring (bicyclic) bond motifs is 1. The van der Waals surface area contributed by atoms with Crippen molar-refractivity contribution in [1.82, 2.24) is 19.5 Å². The fourth-order valence-electron chi connectivity index (χ4n) is 3.16. The van der Waals surface area contributed by atoms with E-state index < -0.39 is 11.7 Å². The minimum Gasteiger partial charge on any atom is -0.395 e. The van der Waals surface area contributed by atoms with Gasteiger partial charge in [-0.2, -0.15) is 23.1 Å². The van der Waals surface area contributed by atoms with Crippen LogP contribution in [0.3, 0.4) is 0 Å². The number of aliphatic hydroxyl groups excluding tert-OH is 1. The predicted octanol–water partition coefficient (Wildman–Crippen LogP) is 4.29. The highest BCUT2D eigenvalue weighted by Crippen LogP contribution is 2.30. The summed E-state index contributed by atoms with van der Waals surface area (Å²) in [6.07, 6.45) is -4.40. The first-order valence-electron chi connectivity index (χ1n) is 9.48. The molecular formula is C21H19F3N6O. The van der Waals surface area contributed by atoms with Crippen LogP contribution in [0.15, 0.2) is 54.6 Å². The van der Waals surface area contributed by atoms with E-state index in [-0.39, 0.29) is 13.2 Å². The molecule has 2 heterocycles. The Hall–Kier alpha value is -3.66. The molecule has 3 N–H and O–H groups in total. The van der Waals surface area contributed by atoms with Crippen LogP contribution in [0.1, 0.15) is 11.4 Å². The average Bonchev–Trinajstić information content (AvgIpc) is 3.07. The van der Waals surface area contributed by atoms with Crippen molar-refractivity contribution >= 4 is 28.4 Å². The molecule has 0 amide bonds. The zero-order valence-electron chi connectivity index (χ0n) is 16.5. The van der Waals surface area contributed by atoms with E-state index in [0.717, 1.165) is 23.2 Å². The minimum atomic E-state index is -4.40. The summed E-state index contributed by atoms with van der Waals surface area (Å²) in [4.78, 5) is 13.6. The van der Waals surface area contributed by atoms with Gasteiger partial charge in [0.2, 0.25) is 5.95 Å². The number of aromatic nitrogens is 4. The normalized spacial score (nSPS) is 11.6. The van der Waals surface area contributed by atoms with Crippen molar-refractivity contribution in [3.8, 4) is 5.95 Å². The third-order valence-corrected chi connectivity index (χ3v) is 4.55. The van der Waals surface area contributed by atoms with Gasteiger partial charge in [0, 0.05) is 18.3 Å². The molecule has 2 aromatic carbocycles. The molecule has 31 heavy (non-hydrogen) atoms. The molecule has 0 aliphatic rings. The van der Waals surface area contributed by atoms with Crippen molar-refractivity contribution in [2.75, 3.05) is 23.8 Å². The number of halogens is 3.